The van der Waals surface area contributed by atoms with Crippen molar-refractivity contribution in [3.8, 4) is 0 Å². The fourth-order valence-corrected chi connectivity index (χ4v) is 3.54. The van der Waals surface area contributed by atoms with Crippen molar-refractivity contribution >= 4 is 11.8 Å². The second-order valence-corrected chi connectivity index (χ2v) is 6.26. The first-order chi connectivity index (χ1) is 9.63. The molecule has 0 spiro atoms. The molecule has 20 heavy (non-hydrogen) atoms. The van der Waals surface area contributed by atoms with Gasteiger partial charge in [0, 0.05) is 31.6 Å². The third-order valence-corrected chi connectivity index (χ3v) is 4.86. The lowest BCUT2D eigenvalue weighted by atomic mass is 10.0. The predicted octanol–water partition coefficient (Wildman–Crippen LogP) is -0.711. The highest BCUT2D eigenvalue weighted by Crippen LogP contribution is 2.21. The summed E-state index contributed by atoms with van der Waals surface area (Å²) in [5.74, 6) is 0.108. The SMILES string of the molecule is NC1CCN(C2CCN(C(=O)C3CCC(=O)N3)C2)CC1. The number of carbonyl (C=O) groups is 2. The fraction of sp³-hybridized carbons (Fsp3) is 0.857. The maximum atomic E-state index is 12.3. The van der Waals surface area contributed by atoms with E-state index in [0.29, 0.717) is 24.9 Å². The van der Waals surface area contributed by atoms with Gasteiger partial charge in [0.2, 0.25) is 11.8 Å². The van der Waals surface area contributed by atoms with Crippen LogP contribution in [0, 0.1) is 0 Å². The first-order valence-electron chi connectivity index (χ1n) is 7.71. The second-order valence-electron chi connectivity index (χ2n) is 6.26. The molecule has 0 saturated carbocycles. The maximum Gasteiger partial charge on any atom is 0.245 e. The normalized spacial score (nSPS) is 32.6. The molecule has 0 bridgehead atoms. The molecule has 3 heterocycles. The third-order valence-electron chi connectivity index (χ3n) is 4.86. The van der Waals surface area contributed by atoms with Crippen LogP contribution in [0.25, 0.3) is 0 Å². The first-order valence-corrected chi connectivity index (χ1v) is 7.71. The van der Waals surface area contributed by atoms with Gasteiger partial charge in [0.15, 0.2) is 0 Å². The van der Waals surface area contributed by atoms with Crippen LogP contribution >= 0.6 is 0 Å². The van der Waals surface area contributed by atoms with E-state index in [9.17, 15) is 9.59 Å². The molecule has 2 unspecified atom stereocenters. The average molecular weight is 280 g/mol. The number of carbonyl (C=O) groups excluding carboxylic acids is 2. The molecule has 0 radical (unpaired) electrons. The van der Waals surface area contributed by atoms with E-state index in [1.807, 2.05) is 4.90 Å². The van der Waals surface area contributed by atoms with Crippen molar-refractivity contribution in [3.05, 3.63) is 0 Å². The Balaban J connectivity index is 1.51. The molecule has 3 aliphatic rings. The standard InChI is InChI=1S/C14H24N4O2/c15-10-3-6-17(7-4-10)11-5-8-18(9-11)14(20)12-1-2-13(19)16-12/h10-12H,1-9,15H2,(H,16,19). The number of rotatable bonds is 2. The molecule has 112 valence electrons. The summed E-state index contributed by atoms with van der Waals surface area (Å²) in [5.41, 5.74) is 5.94. The Morgan fingerprint density at radius 1 is 1.15 bits per heavy atom. The predicted molar refractivity (Wildman–Crippen MR) is 74.9 cm³/mol. The Morgan fingerprint density at radius 3 is 2.55 bits per heavy atom. The monoisotopic (exact) mass is 280 g/mol. The summed E-state index contributed by atoms with van der Waals surface area (Å²) in [4.78, 5) is 28.0. The Bertz CT molecular complexity index is 393. The van der Waals surface area contributed by atoms with E-state index in [1.165, 1.54) is 0 Å². The highest BCUT2D eigenvalue weighted by Gasteiger charge is 2.36. The molecular weight excluding hydrogens is 256 g/mol. The first kappa shape index (κ1) is 13.8. The van der Waals surface area contributed by atoms with Gasteiger partial charge in [-0.25, -0.2) is 0 Å². The minimum atomic E-state index is -0.281. The summed E-state index contributed by atoms with van der Waals surface area (Å²) in [6.45, 7) is 3.72. The summed E-state index contributed by atoms with van der Waals surface area (Å²) in [5, 5.41) is 2.77. The number of nitrogens with zero attached hydrogens (tertiary/aromatic N) is 2. The van der Waals surface area contributed by atoms with Crippen LogP contribution in [0.15, 0.2) is 0 Å². The Morgan fingerprint density at radius 2 is 1.90 bits per heavy atom. The molecule has 3 fully saturated rings. The lowest BCUT2D eigenvalue weighted by molar-refractivity contribution is -0.133. The molecule has 6 heteroatoms. The van der Waals surface area contributed by atoms with E-state index in [0.717, 1.165) is 45.4 Å². The molecule has 2 amide bonds. The average Bonchev–Trinajstić information content (AvgIpc) is 3.08. The smallest absolute Gasteiger partial charge is 0.245 e. The number of piperidine rings is 1. The Labute approximate surface area is 119 Å². The molecule has 0 aromatic rings. The van der Waals surface area contributed by atoms with Crippen molar-refractivity contribution in [2.75, 3.05) is 26.2 Å². The molecular formula is C14H24N4O2. The van der Waals surface area contributed by atoms with Crippen molar-refractivity contribution in [3.63, 3.8) is 0 Å². The van der Waals surface area contributed by atoms with Crippen LogP contribution in [0.2, 0.25) is 0 Å². The van der Waals surface area contributed by atoms with Crippen LogP contribution in [0.1, 0.15) is 32.1 Å². The van der Waals surface area contributed by atoms with Gasteiger partial charge >= 0.3 is 0 Å². The summed E-state index contributed by atoms with van der Waals surface area (Å²) in [7, 11) is 0. The zero-order valence-electron chi connectivity index (χ0n) is 11.9. The molecule has 3 N–H and O–H groups in total. The van der Waals surface area contributed by atoms with Gasteiger partial charge in [-0.1, -0.05) is 0 Å². The van der Waals surface area contributed by atoms with Crippen LogP contribution in [-0.2, 0) is 9.59 Å². The van der Waals surface area contributed by atoms with E-state index in [1.54, 1.807) is 0 Å². The van der Waals surface area contributed by atoms with E-state index >= 15 is 0 Å². The van der Waals surface area contributed by atoms with Crippen LogP contribution in [0.5, 0.6) is 0 Å². The van der Waals surface area contributed by atoms with Crippen molar-refractivity contribution in [1.82, 2.24) is 15.1 Å². The van der Waals surface area contributed by atoms with Gasteiger partial charge in [0.1, 0.15) is 6.04 Å². The summed E-state index contributed by atoms with van der Waals surface area (Å²) in [6.07, 6.45) is 4.29. The van der Waals surface area contributed by atoms with Crippen molar-refractivity contribution in [2.45, 2.75) is 50.2 Å². The van der Waals surface area contributed by atoms with Crippen molar-refractivity contribution in [2.24, 2.45) is 5.73 Å². The van der Waals surface area contributed by atoms with E-state index in [2.05, 4.69) is 10.2 Å². The fourth-order valence-electron chi connectivity index (χ4n) is 3.54. The lowest BCUT2D eigenvalue weighted by Gasteiger charge is -2.34. The quantitative estimate of drug-likeness (QED) is 0.700. The molecule has 2 atom stereocenters. The lowest BCUT2D eigenvalue weighted by Crippen LogP contribution is -2.48. The number of amides is 2. The summed E-state index contributed by atoms with van der Waals surface area (Å²) < 4.78 is 0. The minimum Gasteiger partial charge on any atom is -0.344 e. The zero-order valence-corrected chi connectivity index (χ0v) is 11.9. The van der Waals surface area contributed by atoms with Crippen LogP contribution < -0.4 is 11.1 Å². The largest absolute Gasteiger partial charge is 0.344 e. The number of hydrogen-bond donors (Lipinski definition) is 2. The van der Waals surface area contributed by atoms with Crippen molar-refractivity contribution in [1.29, 1.82) is 0 Å². The summed E-state index contributed by atoms with van der Waals surface area (Å²) in [6, 6.07) is 0.540. The number of nitrogens with one attached hydrogen (secondary N) is 1. The third kappa shape index (κ3) is 2.81. The van der Waals surface area contributed by atoms with Gasteiger partial charge in [0.05, 0.1) is 0 Å². The Kier molecular flexibility index (Phi) is 3.94. The van der Waals surface area contributed by atoms with E-state index < -0.39 is 0 Å². The molecule has 3 saturated heterocycles. The molecule has 0 aliphatic carbocycles. The zero-order chi connectivity index (χ0) is 14.1. The minimum absolute atomic E-state index is 0.00381. The molecule has 3 aliphatic heterocycles. The van der Waals surface area contributed by atoms with Gasteiger partial charge in [-0.3, -0.25) is 14.5 Å². The Hall–Kier alpha value is -1.14. The molecule has 0 aromatic heterocycles. The number of likely N-dealkylation sites (tertiary alicyclic amines) is 2. The van der Waals surface area contributed by atoms with Crippen LogP contribution in [0.4, 0.5) is 0 Å². The number of nitrogens with two attached hydrogens (primary N) is 1. The summed E-state index contributed by atoms with van der Waals surface area (Å²) >= 11 is 0. The van der Waals surface area contributed by atoms with Gasteiger partial charge in [-0.2, -0.15) is 0 Å². The second kappa shape index (κ2) is 5.69. The topological polar surface area (TPSA) is 78.7 Å². The van der Waals surface area contributed by atoms with Crippen LogP contribution in [-0.4, -0.2) is 65.9 Å². The molecule has 0 aromatic carbocycles. The highest BCUT2D eigenvalue weighted by molar-refractivity contribution is 5.90. The molecule has 6 nitrogen and oxygen atoms in total. The maximum absolute atomic E-state index is 12.3. The van der Waals surface area contributed by atoms with Gasteiger partial charge in [0.25, 0.3) is 0 Å². The van der Waals surface area contributed by atoms with E-state index in [-0.39, 0.29) is 17.9 Å². The highest BCUT2D eigenvalue weighted by atomic mass is 16.2. The van der Waals surface area contributed by atoms with Crippen LogP contribution in [0.3, 0.4) is 0 Å². The van der Waals surface area contributed by atoms with Gasteiger partial charge < -0.3 is 16.0 Å². The number of hydrogen-bond acceptors (Lipinski definition) is 4. The van der Waals surface area contributed by atoms with E-state index in [4.69, 9.17) is 5.73 Å². The van der Waals surface area contributed by atoms with Crippen molar-refractivity contribution < 1.29 is 9.59 Å². The van der Waals surface area contributed by atoms with Gasteiger partial charge in [-0.15, -0.1) is 0 Å². The van der Waals surface area contributed by atoms with Gasteiger partial charge in [-0.05, 0) is 38.8 Å². The molecule has 3 rings (SSSR count).